The first-order valence-corrected chi connectivity index (χ1v) is 9.91. The lowest BCUT2D eigenvalue weighted by Gasteiger charge is -2.18. The summed E-state index contributed by atoms with van der Waals surface area (Å²) in [5, 5.41) is 1.28. The third kappa shape index (κ3) is 2.90. The smallest absolute Gasteiger partial charge is 0.231 e. The second-order valence-corrected chi connectivity index (χ2v) is 9.35. The molecule has 0 aliphatic rings. The molecule has 0 saturated heterocycles. The van der Waals surface area contributed by atoms with Crippen LogP contribution < -0.4 is 4.57 Å². The fourth-order valence-corrected chi connectivity index (χ4v) is 5.04. The average Bonchev–Trinajstić information content (AvgIpc) is 2.94. The highest BCUT2D eigenvalue weighted by Crippen LogP contribution is 2.40. The van der Waals surface area contributed by atoms with Crippen LogP contribution in [0.15, 0.2) is 48.8 Å². The molecule has 4 aromatic rings. The molecule has 2 aromatic carbocycles. The average molecular weight is 362 g/mol. The zero-order valence-electron chi connectivity index (χ0n) is 16.1. The van der Waals surface area contributed by atoms with E-state index < -0.39 is 0 Å². The molecule has 0 atom stereocenters. The second-order valence-electron chi connectivity index (χ2n) is 8.33. The zero-order chi connectivity index (χ0) is 18.5. The Kier molecular flexibility index (Phi) is 4.07. The number of aromatic nitrogens is 2. The van der Waals surface area contributed by atoms with Gasteiger partial charge < -0.3 is 0 Å². The summed E-state index contributed by atoms with van der Waals surface area (Å²) in [4.78, 5) is 4.80. The van der Waals surface area contributed by atoms with Gasteiger partial charge in [0.2, 0.25) is 5.52 Å². The standard InChI is InChI=1S/C23H25N2S/c1-15-9-6-7-11-17(15)20-22-19(24-14-25(20)5)18-12-8-10-16(21(18)26-22)13-23(2,3)4/h6-12,14H,13H2,1-5H3/q+1. The van der Waals surface area contributed by atoms with Crippen LogP contribution in [0.2, 0.25) is 0 Å². The van der Waals surface area contributed by atoms with Gasteiger partial charge in [0.05, 0.1) is 7.05 Å². The molecule has 0 spiro atoms. The van der Waals surface area contributed by atoms with E-state index in [1.807, 2.05) is 17.7 Å². The Morgan fingerprint density at radius 3 is 2.50 bits per heavy atom. The van der Waals surface area contributed by atoms with E-state index in [1.165, 1.54) is 37.2 Å². The molecule has 0 bridgehead atoms. The molecule has 2 aromatic heterocycles. The minimum Gasteiger partial charge on any atom is -0.231 e. The van der Waals surface area contributed by atoms with E-state index in [9.17, 15) is 0 Å². The van der Waals surface area contributed by atoms with Crippen molar-refractivity contribution < 1.29 is 4.57 Å². The van der Waals surface area contributed by atoms with Crippen LogP contribution in [0.4, 0.5) is 0 Å². The SMILES string of the molecule is Cc1ccccc1-c1c2sc3c(CC(C)(C)C)cccc3c2nc[n+]1C. The van der Waals surface area contributed by atoms with E-state index in [0.29, 0.717) is 0 Å². The van der Waals surface area contributed by atoms with Crippen molar-refractivity contribution in [3.63, 3.8) is 0 Å². The molecule has 2 heterocycles. The maximum Gasteiger partial charge on any atom is 0.287 e. The first kappa shape index (κ1) is 17.2. The molecule has 4 rings (SSSR count). The van der Waals surface area contributed by atoms with Crippen molar-refractivity contribution in [2.24, 2.45) is 12.5 Å². The first-order chi connectivity index (χ1) is 12.3. The lowest BCUT2D eigenvalue weighted by molar-refractivity contribution is -0.662. The Hall–Kier alpha value is -2.26. The van der Waals surface area contributed by atoms with Crippen LogP contribution in [0.1, 0.15) is 31.9 Å². The monoisotopic (exact) mass is 361 g/mol. The summed E-state index contributed by atoms with van der Waals surface area (Å²) in [6, 6.07) is 15.3. The number of benzene rings is 2. The Bertz CT molecular complexity index is 1120. The Morgan fingerprint density at radius 2 is 1.77 bits per heavy atom. The molecule has 0 radical (unpaired) electrons. The Balaban J connectivity index is 2.06. The summed E-state index contributed by atoms with van der Waals surface area (Å²) in [7, 11) is 2.09. The summed E-state index contributed by atoms with van der Waals surface area (Å²) in [5.41, 5.74) is 6.65. The van der Waals surface area contributed by atoms with Gasteiger partial charge >= 0.3 is 0 Å². The first-order valence-electron chi connectivity index (χ1n) is 9.10. The molecule has 26 heavy (non-hydrogen) atoms. The maximum atomic E-state index is 4.80. The number of hydrogen-bond acceptors (Lipinski definition) is 2. The largest absolute Gasteiger partial charge is 0.287 e. The van der Waals surface area contributed by atoms with Gasteiger partial charge in [-0.3, -0.25) is 0 Å². The topological polar surface area (TPSA) is 16.8 Å². The van der Waals surface area contributed by atoms with Crippen LogP contribution in [-0.2, 0) is 13.5 Å². The number of aryl methyl sites for hydroxylation is 2. The predicted molar refractivity (Wildman–Crippen MR) is 112 cm³/mol. The third-order valence-electron chi connectivity index (χ3n) is 4.82. The van der Waals surface area contributed by atoms with Crippen molar-refractivity contribution in [1.82, 2.24) is 4.98 Å². The number of nitrogens with zero attached hydrogens (tertiary/aromatic N) is 2. The molecular weight excluding hydrogens is 336 g/mol. The molecule has 0 aliphatic heterocycles. The van der Waals surface area contributed by atoms with Crippen molar-refractivity contribution in [2.45, 2.75) is 34.1 Å². The highest BCUT2D eigenvalue weighted by molar-refractivity contribution is 7.26. The minimum atomic E-state index is 0.265. The number of hydrogen-bond donors (Lipinski definition) is 0. The van der Waals surface area contributed by atoms with Gasteiger partial charge in [-0.05, 0) is 40.9 Å². The highest BCUT2D eigenvalue weighted by Gasteiger charge is 2.23. The van der Waals surface area contributed by atoms with E-state index in [2.05, 4.69) is 81.8 Å². The number of thiophene rings is 1. The second kappa shape index (κ2) is 6.17. The summed E-state index contributed by atoms with van der Waals surface area (Å²) >= 11 is 1.89. The molecule has 2 nitrogen and oxygen atoms in total. The maximum absolute atomic E-state index is 4.80. The molecular formula is C23H25N2S+. The summed E-state index contributed by atoms with van der Waals surface area (Å²) in [6.45, 7) is 9.09. The van der Waals surface area contributed by atoms with Crippen LogP contribution in [0.25, 0.3) is 31.6 Å². The molecule has 0 fully saturated rings. The summed E-state index contributed by atoms with van der Waals surface area (Å²) in [5.74, 6) is 0. The van der Waals surface area contributed by atoms with Crippen molar-refractivity contribution in [2.75, 3.05) is 0 Å². The fourth-order valence-electron chi connectivity index (χ4n) is 3.68. The van der Waals surface area contributed by atoms with E-state index in [1.54, 1.807) is 0 Å². The molecule has 132 valence electrons. The van der Waals surface area contributed by atoms with Gasteiger partial charge in [-0.1, -0.05) is 57.2 Å². The van der Waals surface area contributed by atoms with Gasteiger partial charge in [-0.2, -0.15) is 0 Å². The van der Waals surface area contributed by atoms with Gasteiger partial charge in [0.1, 0.15) is 4.70 Å². The number of fused-ring (bicyclic) bond motifs is 3. The van der Waals surface area contributed by atoms with Crippen molar-refractivity contribution in [1.29, 1.82) is 0 Å². The lowest BCUT2D eigenvalue weighted by atomic mass is 9.88. The number of rotatable bonds is 2. The van der Waals surface area contributed by atoms with E-state index in [4.69, 9.17) is 4.98 Å². The van der Waals surface area contributed by atoms with Gasteiger partial charge in [-0.15, -0.1) is 11.3 Å². The van der Waals surface area contributed by atoms with Crippen molar-refractivity contribution in [3.8, 4) is 11.3 Å². The van der Waals surface area contributed by atoms with E-state index in [0.717, 1.165) is 11.9 Å². The van der Waals surface area contributed by atoms with Crippen LogP contribution in [0.3, 0.4) is 0 Å². The fraction of sp³-hybridized carbons (Fsp3) is 0.304. The molecule has 3 heteroatoms. The van der Waals surface area contributed by atoms with E-state index in [-0.39, 0.29) is 5.41 Å². The highest BCUT2D eigenvalue weighted by atomic mass is 32.1. The van der Waals surface area contributed by atoms with Gasteiger partial charge in [0.25, 0.3) is 6.33 Å². The van der Waals surface area contributed by atoms with Crippen LogP contribution in [-0.4, -0.2) is 4.98 Å². The summed E-state index contributed by atoms with van der Waals surface area (Å²) in [6.07, 6.45) is 3.02. The van der Waals surface area contributed by atoms with Crippen LogP contribution in [0, 0.1) is 12.3 Å². The predicted octanol–water partition coefficient (Wildman–Crippen LogP) is 5.84. The van der Waals surface area contributed by atoms with Gasteiger partial charge in [-0.25, -0.2) is 4.57 Å². The molecule has 0 amide bonds. The zero-order valence-corrected chi connectivity index (χ0v) is 16.9. The molecule has 0 N–H and O–H groups in total. The summed E-state index contributed by atoms with van der Waals surface area (Å²) < 4.78 is 4.82. The molecule has 0 saturated carbocycles. The third-order valence-corrected chi connectivity index (χ3v) is 6.10. The molecule has 0 aliphatic carbocycles. The van der Waals surface area contributed by atoms with Crippen LogP contribution >= 0.6 is 11.3 Å². The van der Waals surface area contributed by atoms with Crippen molar-refractivity contribution in [3.05, 3.63) is 59.9 Å². The lowest BCUT2D eigenvalue weighted by Crippen LogP contribution is -2.31. The normalized spacial score (nSPS) is 12.2. The minimum absolute atomic E-state index is 0.265. The van der Waals surface area contributed by atoms with Crippen LogP contribution in [0.5, 0.6) is 0 Å². The van der Waals surface area contributed by atoms with E-state index >= 15 is 0 Å². The van der Waals surface area contributed by atoms with Gasteiger partial charge in [0, 0.05) is 15.6 Å². The Labute approximate surface area is 159 Å². The quantitative estimate of drug-likeness (QED) is 0.410. The van der Waals surface area contributed by atoms with Crippen molar-refractivity contribution >= 4 is 31.6 Å². The van der Waals surface area contributed by atoms with Gasteiger partial charge in [0.15, 0.2) is 5.69 Å². The molecule has 0 unspecified atom stereocenters. The Morgan fingerprint density at radius 1 is 1.00 bits per heavy atom.